The van der Waals surface area contributed by atoms with Crippen molar-refractivity contribution in [3.63, 3.8) is 0 Å². The molecule has 3 N–H and O–H groups in total. The Morgan fingerprint density at radius 2 is 2.14 bits per heavy atom. The number of carbonyl (C=O) groups is 1. The van der Waals surface area contributed by atoms with Crippen molar-refractivity contribution in [2.75, 3.05) is 5.32 Å². The van der Waals surface area contributed by atoms with Gasteiger partial charge in [0.05, 0.1) is 17.4 Å². The number of amides is 2. The maximum atomic E-state index is 11.9. The largest absolute Gasteiger partial charge is 0.335 e. The molecule has 4 rings (SSSR count). The molecule has 3 aromatic heterocycles. The van der Waals surface area contributed by atoms with Crippen LogP contribution in [0.3, 0.4) is 0 Å². The van der Waals surface area contributed by atoms with Gasteiger partial charge in [-0.1, -0.05) is 0 Å². The van der Waals surface area contributed by atoms with Crippen LogP contribution in [0.25, 0.3) is 22.2 Å². The molecule has 3 heterocycles. The highest BCUT2D eigenvalue weighted by atomic mass is 16.2. The lowest BCUT2D eigenvalue weighted by Crippen LogP contribution is -2.30. The number of nitrogens with zero attached hydrogens (tertiary/aromatic N) is 3. The third kappa shape index (κ3) is 2.48. The van der Waals surface area contributed by atoms with E-state index in [1.54, 1.807) is 30.9 Å². The number of rotatable bonds is 3. The van der Waals surface area contributed by atoms with E-state index in [9.17, 15) is 4.79 Å². The molecule has 0 saturated heterocycles. The van der Waals surface area contributed by atoms with Crippen LogP contribution >= 0.6 is 0 Å². The SMILES string of the molecule is O=C(Nc1ccnc2cc(-c3cn[nH]c3)cnc12)NC1CC1. The van der Waals surface area contributed by atoms with Crippen LogP contribution in [0.2, 0.25) is 0 Å². The lowest BCUT2D eigenvalue weighted by molar-refractivity contribution is 0.251. The van der Waals surface area contributed by atoms with Gasteiger partial charge in [-0.3, -0.25) is 15.1 Å². The Morgan fingerprint density at radius 1 is 1.23 bits per heavy atom. The van der Waals surface area contributed by atoms with Gasteiger partial charge in [0.15, 0.2) is 0 Å². The Bertz CT molecular complexity index is 825. The molecule has 0 atom stereocenters. The smallest absolute Gasteiger partial charge is 0.319 e. The molecule has 0 unspecified atom stereocenters. The fourth-order valence-electron chi connectivity index (χ4n) is 2.27. The van der Waals surface area contributed by atoms with Crippen LogP contribution in [-0.4, -0.2) is 32.2 Å². The van der Waals surface area contributed by atoms with E-state index in [4.69, 9.17) is 0 Å². The fraction of sp³-hybridized carbons (Fsp3) is 0.200. The summed E-state index contributed by atoms with van der Waals surface area (Å²) in [5, 5.41) is 12.4. The molecule has 0 bridgehead atoms. The average molecular weight is 294 g/mol. The number of hydrogen-bond donors (Lipinski definition) is 3. The molecule has 1 saturated carbocycles. The molecule has 22 heavy (non-hydrogen) atoms. The average Bonchev–Trinajstić information content (AvgIpc) is 3.16. The number of carbonyl (C=O) groups excluding carboxylic acids is 1. The first-order valence-electron chi connectivity index (χ1n) is 7.11. The maximum Gasteiger partial charge on any atom is 0.319 e. The van der Waals surface area contributed by atoms with E-state index in [1.165, 1.54) is 0 Å². The molecule has 0 spiro atoms. The van der Waals surface area contributed by atoms with Crippen LogP contribution in [0, 0.1) is 0 Å². The molecule has 1 aliphatic rings. The molecule has 1 fully saturated rings. The minimum atomic E-state index is -0.198. The van der Waals surface area contributed by atoms with Crippen molar-refractivity contribution in [3.05, 3.63) is 36.9 Å². The summed E-state index contributed by atoms with van der Waals surface area (Å²) in [5.41, 5.74) is 3.92. The zero-order chi connectivity index (χ0) is 14.9. The number of nitrogens with one attached hydrogen (secondary N) is 3. The van der Waals surface area contributed by atoms with Crippen molar-refractivity contribution in [1.82, 2.24) is 25.5 Å². The molecular formula is C15H14N6O. The van der Waals surface area contributed by atoms with Crippen LogP contribution in [-0.2, 0) is 0 Å². The Balaban J connectivity index is 1.66. The molecular weight excluding hydrogens is 280 g/mol. The van der Waals surface area contributed by atoms with Crippen molar-refractivity contribution in [2.24, 2.45) is 0 Å². The van der Waals surface area contributed by atoms with Crippen molar-refractivity contribution >= 4 is 22.8 Å². The first-order chi connectivity index (χ1) is 10.8. The summed E-state index contributed by atoms with van der Waals surface area (Å²) in [6.07, 6.45) is 9.05. The van der Waals surface area contributed by atoms with Crippen molar-refractivity contribution in [1.29, 1.82) is 0 Å². The van der Waals surface area contributed by atoms with Gasteiger partial charge in [0.2, 0.25) is 0 Å². The minimum Gasteiger partial charge on any atom is -0.335 e. The lowest BCUT2D eigenvalue weighted by atomic mass is 10.1. The molecule has 1 aliphatic carbocycles. The minimum absolute atomic E-state index is 0.198. The maximum absolute atomic E-state index is 11.9. The molecule has 7 heteroatoms. The second-order valence-corrected chi connectivity index (χ2v) is 5.31. The summed E-state index contributed by atoms with van der Waals surface area (Å²) in [6.45, 7) is 0. The molecule has 3 aromatic rings. The quantitative estimate of drug-likeness (QED) is 0.690. The number of urea groups is 1. The van der Waals surface area contributed by atoms with Crippen LogP contribution < -0.4 is 10.6 Å². The molecule has 0 radical (unpaired) electrons. The first-order valence-corrected chi connectivity index (χ1v) is 7.11. The van der Waals surface area contributed by atoms with Crippen molar-refractivity contribution in [2.45, 2.75) is 18.9 Å². The lowest BCUT2D eigenvalue weighted by Gasteiger charge is -2.09. The van der Waals surface area contributed by atoms with E-state index >= 15 is 0 Å². The first kappa shape index (κ1) is 12.8. The van der Waals surface area contributed by atoms with Crippen molar-refractivity contribution < 1.29 is 4.79 Å². The standard InChI is InChI=1S/C15H14N6O/c22-15(20-11-1-2-11)21-12-3-4-16-13-5-9(6-17-14(12)13)10-7-18-19-8-10/h3-8,11H,1-2H2,(H,18,19)(H2,16,20,21,22). The van der Waals surface area contributed by atoms with Crippen LogP contribution in [0.15, 0.2) is 36.9 Å². The third-order valence-corrected chi connectivity index (χ3v) is 3.57. The highest BCUT2D eigenvalue weighted by molar-refractivity contribution is 5.99. The van der Waals surface area contributed by atoms with E-state index in [0.29, 0.717) is 17.2 Å². The summed E-state index contributed by atoms with van der Waals surface area (Å²) >= 11 is 0. The number of aromatic nitrogens is 4. The van der Waals surface area contributed by atoms with Crippen LogP contribution in [0.5, 0.6) is 0 Å². The number of hydrogen-bond acceptors (Lipinski definition) is 4. The summed E-state index contributed by atoms with van der Waals surface area (Å²) in [7, 11) is 0. The van der Waals surface area contributed by atoms with Gasteiger partial charge in [0.1, 0.15) is 5.52 Å². The van der Waals surface area contributed by atoms with E-state index in [1.807, 2.05) is 6.07 Å². The Labute approximate surface area is 126 Å². The van der Waals surface area contributed by atoms with Gasteiger partial charge >= 0.3 is 6.03 Å². The highest BCUT2D eigenvalue weighted by Crippen LogP contribution is 2.25. The van der Waals surface area contributed by atoms with E-state index in [2.05, 4.69) is 30.8 Å². The van der Waals surface area contributed by atoms with Gasteiger partial charge < -0.3 is 10.6 Å². The normalized spacial score (nSPS) is 14.0. The van der Waals surface area contributed by atoms with Gasteiger partial charge in [-0.2, -0.15) is 5.10 Å². The number of H-pyrrole nitrogens is 1. The predicted molar refractivity (Wildman–Crippen MR) is 82.3 cm³/mol. The number of pyridine rings is 2. The van der Waals surface area contributed by atoms with Gasteiger partial charge in [0, 0.05) is 35.8 Å². The van der Waals surface area contributed by atoms with Crippen LogP contribution in [0.4, 0.5) is 10.5 Å². The van der Waals surface area contributed by atoms with Gasteiger partial charge in [-0.25, -0.2) is 4.79 Å². The van der Waals surface area contributed by atoms with Crippen molar-refractivity contribution in [3.8, 4) is 11.1 Å². The van der Waals surface area contributed by atoms with Gasteiger partial charge in [-0.05, 0) is 25.0 Å². The number of anilines is 1. The van der Waals surface area contributed by atoms with E-state index in [0.717, 1.165) is 29.5 Å². The summed E-state index contributed by atoms with van der Waals surface area (Å²) in [5.74, 6) is 0. The Kier molecular flexibility index (Phi) is 2.96. The Morgan fingerprint density at radius 3 is 2.91 bits per heavy atom. The number of aromatic amines is 1. The van der Waals surface area contributed by atoms with Gasteiger partial charge in [-0.15, -0.1) is 0 Å². The van der Waals surface area contributed by atoms with Crippen LogP contribution in [0.1, 0.15) is 12.8 Å². The summed E-state index contributed by atoms with van der Waals surface area (Å²) < 4.78 is 0. The van der Waals surface area contributed by atoms with E-state index < -0.39 is 0 Å². The molecule has 0 aromatic carbocycles. The summed E-state index contributed by atoms with van der Waals surface area (Å²) in [6, 6.07) is 3.79. The Hall–Kier alpha value is -2.96. The van der Waals surface area contributed by atoms with E-state index in [-0.39, 0.29) is 6.03 Å². The molecule has 0 aliphatic heterocycles. The topological polar surface area (TPSA) is 95.6 Å². The fourth-order valence-corrected chi connectivity index (χ4v) is 2.27. The monoisotopic (exact) mass is 294 g/mol. The zero-order valence-corrected chi connectivity index (χ0v) is 11.7. The third-order valence-electron chi connectivity index (χ3n) is 3.57. The second kappa shape index (κ2) is 5.10. The second-order valence-electron chi connectivity index (χ2n) is 5.31. The van der Waals surface area contributed by atoms with Gasteiger partial charge in [0.25, 0.3) is 0 Å². The highest BCUT2D eigenvalue weighted by Gasteiger charge is 2.23. The zero-order valence-electron chi connectivity index (χ0n) is 11.7. The predicted octanol–water partition coefficient (Wildman–Crippen LogP) is 2.30. The molecule has 2 amide bonds. The number of fused-ring (bicyclic) bond motifs is 1. The molecule has 7 nitrogen and oxygen atoms in total. The molecule has 110 valence electrons. The summed E-state index contributed by atoms with van der Waals surface area (Å²) in [4.78, 5) is 20.6.